The van der Waals surface area contributed by atoms with E-state index in [1.165, 1.54) is 7.11 Å². The number of rotatable bonds is 7. The predicted octanol–water partition coefficient (Wildman–Crippen LogP) is -0.217. The van der Waals surface area contributed by atoms with Gasteiger partial charge in [0.05, 0.1) is 13.7 Å². The number of hydrogen-bond donors (Lipinski definition) is 2. The van der Waals surface area contributed by atoms with Gasteiger partial charge in [-0.2, -0.15) is 0 Å². The zero-order chi connectivity index (χ0) is 15.0. The average Bonchev–Trinajstić information content (AvgIpc) is 2.48. The molecule has 0 bridgehead atoms. The maximum atomic E-state index is 11.6. The van der Waals surface area contributed by atoms with Crippen molar-refractivity contribution in [1.29, 1.82) is 0 Å². The van der Waals surface area contributed by atoms with Crippen LogP contribution in [0.5, 0.6) is 0 Å². The molecule has 1 aromatic carbocycles. The first kappa shape index (κ1) is 16.1. The molecule has 0 saturated carbocycles. The van der Waals surface area contributed by atoms with E-state index in [0.717, 1.165) is 12.7 Å². The molecule has 0 aliphatic carbocycles. The standard InChI is InChI=1S/C13H17NO6/c1-18-11(13(17)19-2)10(15)12(16)14-20-8-9-6-4-3-5-7-9/h3-7,10-11,15H,8H2,1-2H3,(H,14,16)/t10-,11-/m1/s1. The van der Waals surface area contributed by atoms with Crippen molar-refractivity contribution in [1.82, 2.24) is 5.48 Å². The Balaban J connectivity index is 2.43. The molecule has 0 fully saturated rings. The number of benzene rings is 1. The molecular formula is C13H17NO6. The Bertz CT molecular complexity index is 436. The van der Waals surface area contributed by atoms with Crippen LogP contribution in [-0.2, 0) is 30.5 Å². The quantitative estimate of drug-likeness (QED) is 0.531. The molecule has 0 aliphatic rings. The van der Waals surface area contributed by atoms with E-state index in [1.807, 2.05) is 35.8 Å². The first-order chi connectivity index (χ1) is 9.60. The van der Waals surface area contributed by atoms with Gasteiger partial charge in [0.25, 0.3) is 5.91 Å². The van der Waals surface area contributed by atoms with Crippen LogP contribution in [0.4, 0.5) is 0 Å². The molecule has 0 aliphatic heterocycles. The van der Waals surface area contributed by atoms with Gasteiger partial charge in [-0.1, -0.05) is 30.3 Å². The van der Waals surface area contributed by atoms with Gasteiger partial charge >= 0.3 is 5.97 Å². The summed E-state index contributed by atoms with van der Waals surface area (Å²) in [5, 5.41) is 9.66. The van der Waals surface area contributed by atoms with Gasteiger partial charge in [0, 0.05) is 7.11 Å². The average molecular weight is 283 g/mol. The summed E-state index contributed by atoms with van der Waals surface area (Å²) in [5.74, 6) is -1.74. The maximum Gasteiger partial charge on any atom is 0.338 e. The molecule has 0 heterocycles. The molecule has 110 valence electrons. The normalized spacial score (nSPS) is 13.3. The molecule has 0 radical (unpaired) electrons. The van der Waals surface area contributed by atoms with E-state index >= 15 is 0 Å². The number of ether oxygens (including phenoxy) is 2. The van der Waals surface area contributed by atoms with Gasteiger partial charge in [0.1, 0.15) is 0 Å². The van der Waals surface area contributed by atoms with Gasteiger partial charge in [-0.3, -0.25) is 9.63 Å². The molecule has 0 saturated heterocycles. The number of methoxy groups -OCH3 is 2. The molecule has 0 aromatic heterocycles. The van der Waals surface area contributed by atoms with Gasteiger partial charge in [-0.25, -0.2) is 10.3 Å². The minimum atomic E-state index is -1.72. The Morgan fingerprint density at radius 2 is 1.90 bits per heavy atom. The Morgan fingerprint density at radius 3 is 2.45 bits per heavy atom. The number of nitrogens with one attached hydrogen (secondary N) is 1. The molecule has 0 unspecified atom stereocenters. The van der Waals surface area contributed by atoms with Gasteiger partial charge in [-0.15, -0.1) is 0 Å². The predicted molar refractivity (Wildman–Crippen MR) is 68.2 cm³/mol. The van der Waals surface area contributed by atoms with Crippen LogP contribution in [-0.4, -0.2) is 43.4 Å². The monoisotopic (exact) mass is 283 g/mol. The highest BCUT2D eigenvalue weighted by molar-refractivity contribution is 5.87. The number of amides is 1. The van der Waals surface area contributed by atoms with Crippen molar-refractivity contribution in [3.05, 3.63) is 35.9 Å². The van der Waals surface area contributed by atoms with Crippen LogP contribution in [0.15, 0.2) is 30.3 Å². The summed E-state index contributed by atoms with van der Waals surface area (Å²) in [6, 6.07) is 9.14. The second-order valence-corrected chi connectivity index (χ2v) is 3.86. The first-order valence-electron chi connectivity index (χ1n) is 5.84. The highest BCUT2D eigenvalue weighted by Crippen LogP contribution is 2.03. The Hall–Kier alpha value is -1.96. The van der Waals surface area contributed by atoms with Crippen molar-refractivity contribution in [2.24, 2.45) is 0 Å². The number of hydroxylamine groups is 1. The molecule has 2 N–H and O–H groups in total. The van der Waals surface area contributed by atoms with Gasteiger partial charge < -0.3 is 14.6 Å². The lowest BCUT2D eigenvalue weighted by Gasteiger charge is -2.18. The molecular weight excluding hydrogens is 266 g/mol. The SMILES string of the molecule is COC(=O)[C@H](OC)[C@@H](O)C(=O)NOCc1ccccc1. The number of esters is 1. The summed E-state index contributed by atoms with van der Waals surface area (Å²) in [6.07, 6.45) is -3.12. The smallest absolute Gasteiger partial charge is 0.338 e. The van der Waals surface area contributed by atoms with Crippen LogP contribution in [0.25, 0.3) is 0 Å². The summed E-state index contributed by atoms with van der Waals surface area (Å²) >= 11 is 0. The molecule has 7 heteroatoms. The number of aliphatic hydroxyl groups is 1. The minimum absolute atomic E-state index is 0.134. The third-order valence-corrected chi connectivity index (χ3v) is 2.50. The van der Waals surface area contributed by atoms with Crippen LogP contribution >= 0.6 is 0 Å². The number of carbonyl (C=O) groups is 2. The molecule has 2 atom stereocenters. The van der Waals surface area contributed by atoms with Crippen LogP contribution in [0.2, 0.25) is 0 Å². The lowest BCUT2D eigenvalue weighted by atomic mass is 10.2. The molecule has 1 amide bonds. The highest BCUT2D eigenvalue weighted by Gasteiger charge is 2.33. The molecule has 7 nitrogen and oxygen atoms in total. The zero-order valence-corrected chi connectivity index (χ0v) is 11.2. The van der Waals surface area contributed by atoms with Crippen LogP contribution in [0.3, 0.4) is 0 Å². The zero-order valence-electron chi connectivity index (χ0n) is 11.2. The van der Waals surface area contributed by atoms with Crippen molar-refractivity contribution in [3.63, 3.8) is 0 Å². The number of hydrogen-bond acceptors (Lipinski definition) is 6. The molecule has 1 aromatic rings. The fraction of sp³-hybridized carbons (Fsp3) is 0.385. The van der Waals surface area contributed by atoms with E-state index in [9.17, 15) is 14.7 Å². The Morgan fingerprint density at radius 1 is 1.25 bits per heavy atom. The van der Waals surface area contributed by atoms with Gasteiger partial charge in [-0.05, 0) is 5.56 Å². The summed E-state index contributed by atoms with van der Waals surface area (Å²) in [7, 11) is 2.31. The topological polar surface area (TPSA) is 94.1 Å². The van der Waals surface area contributed by atoms with Crippen molar-refractivity contribution in [2.45, 2.75) is 18.8 Å². The fourth-order valence-electron chi connectivity index (χ4n) is 1.43. The maximum absolute atomic E-state index is 11.6. The second-order valence-electron chi connectivity index (χ2n) is 3.86. The van der Waals surface area contributed by atoms with Crippen molar-refractivity contribution in [2.75, 3.05) is 14.2 Å². The van der Waals surface area contributed by atoms with E-state index in [2.05, 4.69) is 4.74 Å². The van der Waals surface area contributed by atoms with E-state index in [4.69, 9.17) is 9.57 Å². The summed E-state index contributed by atoms with van der Waals surface area (Å²) in [6.45, 7) is 0.134. The van der Waals surface area contributed by atoms with Crippen LogP contribution in [0, 0.1) is 0 Å². The minimum Gasteiger partial charge on any atom is -0.467 e. The largest absolute Gasteiger partial charge is 0.467 e. The number of carbonyl (C=O) groups excluding carboxylic acids is 2. The van der Waals surface area contributed by atoms with Gasteiger partial charge in [0.2, 0.25) is 0 Å². The molecule has 20 heavy (non-hydrogen) atoms. The van der Waals surface area contributed by atoms with E-state index in [-0.39, 0.29) is 6.61 Å². The summed E-state index contributed by atoms with van der Waals surface area (Å²) < 4.78 is 9.11. The van der Waals surface area contributed by atoms with Gasteiger partial charge in [0.15, 0.2) is 12.2 Å². The third-order valence-electron chi connectivity index (χ3n) is 2.50. The van der Waals surface area contributed by atoms with E-state index in [1.54, 1.807) is 0 Å². The lowest BCUT2D eigenvalue weighted by molar-refractivity contribution is -0.168. The van der Waals surface area contributed by atoms with Crippen LogP contribution in [0.1, 0.15) is 5.56 Å². The van der Waals surface area contributed by atoms with Crippen molar-refractivity contribution >= 4 is 11.9 Å². The van der Waals surface area contributed by atoms with E-state index < -0.39 is 24.1 Å². The third kappa shape index (κ3) is 4.61. The Kier molecular flexibility index (Phi) is 6.65. The van der Waals surface area contributed by atoms with Crippen molar-refractivity contribution < 1.29 is 29.0 Å². The Labute approximate surface area is 116 Å². The lowest BCUT2D eigenvalue weighted by Crippen LogP contribution is -2.47. The van der Waals surface area contributed by atoms with Crippen molar-refractivity contribution in [3.8, 4) is 0 Å². The molecule has 1 rings (SSSR count). The fourth-order valence-corrected chi connectivity index (χ4v) is 1.43. The summed E-state index contributed by atoms with van der Waals surface area (Å²) in [4.78, 5) is 27.8. The highest BCUT2D eigenvalue weighted by atomic mass is 16.7. The molecule has 0 spiro atoms. The second kappa shape index (κ2) is 8.26. The summed E-state index contributed by atoms with van der Waals surface area (Å²) in [5.41, 5.74) is 2.89. The first-order valence-corrected chi connectivity index (χ1v) is 5.84. The van der Waals surface area contributed by atoms with E-state index in [0.29, 0.717) is 0 Å². The van der Waals surface area contributed by atoms with Crippen LogP contribution < -0.4 is 5.48 Å². The number of aliphatic hydroxyl groups excluding tert-OH is 1.